The Morgan fingerprint density at radius 1 is 1.56 bits per heavy atom. The van der Waals surface area contributed by atoms with Crippen LogP contribution in [0.3, 0.4) is 0 Å². The minimum Gasteiger partial charge on any atom is -0.342 e. The number of nitrogens with zero attached hydrogens (tertiary/aromatic N) is 3. The van der Waals surface area contributed by atoms with Crippen LogP contribution in [-0.4, -0.2) is 35.3 Å². The lowest BCUT2D eigenvalue weighted by Crippen LogP contribution is -2.34. The van der Waals surface area contributed by atoms with Crippen molar-refractivity contribution in [1.29, 1.82) is 5.26 Å². The molecule has 16 heavy (non-hydrogen) atoms. The largest absolute Gasteiger partial charge is 0.342 e. The summed E-state index contributed by atoms with van der Waals surface area (Å²) >= 11 is 0. The molecule has 0 saturated heterocycles. The zero-order valence-corrected chi connectivity index (χ0v) is 9.02. The lowest BCUT2D eigenvalue weighted by atomic mass is 10.4. The Hall–Kier alpha value is -1.87. The van der Waals surface area contributed by atoms with E-state index in [4.69, 9.17) is 5.26 Å². The summed E-state index contributed by atoms with van der Waals surface area (Å²) in [5.74, 6) is -0.152. The first-order chi connectivity index (χ1) is 7.83. The van der Waals surface area contributed by atoms with E-state index >= 15 is 0 Å². The molecule has 2 N–H and O–H groups in total. The van der Waals surface area contributed by atoms with Crippen molar-refractivity contribution >= 4 is 5.91 Å². The van der Waals surface area contributed by atoms with Gasteiger partial charge in [0.25, 0.3) is 0 Å². The Bertz CT molecular complexity index is 341. The number of rotatable bonds is 7. The maximum atomic E-state index is 11.1. The molecule has 0 aliphatic carbocycles. The molecule has 6 heteroatoms. The molecule has 86 valence electrons. The van der Waals surface area contributed by atoms with Gasteiger partial charge >= 0.3 is 0 Å². The van der Waals surface area contributed by atoms with Crippen molar-refractivity contribution in [2.75, 3.05) is 19.6 Å². The fourth-order valence-corrected chi connectivity index (χ4v) is 1.20. The summed E-state index contributed by atoms with van der Waals surface area (Å²) in [6.45, 7) is 1.90. The summed E-state index contributed by atoms with van der Waals surface area (Å²) in [5.41, 5.74) is 0. The van der Waals surface area contributed by atoms with Gasteiger partial charge in [0, 0.05) is 18.9 Å². The van der Waals surface area contributed by atoms with Crippen molar-refractivity contribution in [3.05, 3.63) is 18.5 Å². The minimum atomic E-state index is -0.152. The number of hydrogen-bond donors (Lipinski definition) is 2. The predicted molar refractivity (Wildman–Crippen MR) is 58.3 cm³/mol. The van der Waals surface area contributed by atoms with Crippen LogP contribution in [0, 0.1) is 11.3 Å². The molecule has 1 aromatic heterocycles. The third-order valence-corrected chi connectivity index (χ3v) is 1.95. The number of carbonyl (C=O) groups is 1. The van der Waals surface area contributed by atoms with Crippen molar-refractivity contribution in [3.8, 4) is 6.07 Å². The first-order valence-electron chi connectivity index (χ1n) is 5.14. The van der Waals surface area contributed by atoms with Crippen molar-refractivity contribution < 1.29 is 4.79 Å². The zero-order valence-electron chi connectivity index (χ0n) is 9.02. The smallest absolute Gasteiger partial charge is 0.234 e. The monoisotopic (exact) mass is 221 g/mol. The molecule has 1 aromatic rings. The van der Waals surface area contributed by atoms with E-state index < -0.39 is 0 Å². The van der Waals surface area contributed by atoms with Gasteiger partial charge in [-0.15, -0.1) is 0 Å². The van der Waals surface area contributed by atoms with Crippen LogP contribution in [0.5, 0.6) is 0 Å². The molecule has 1 amide bonds. The van der Waals surface area contributed by atoms with Crippen LogP contribution in [0.1, 0.15) is 6.42 Å². The van der Waals surface area contributed by atoms with E-state index in [9.17, 15) is 4.79 Å². The summed E-state index contributed by atoms with van der Waals surface area (Å²) < 4.78 is 1.84. The Balaban J connectivity index is 1.96. The molecule has 0 saturated carbocycles. The van der Waals surface area contributed by atoms with Crippen LogP contribution >= 0.6 is 0 Å². The third-order valence-electron chi connectivity index (χ3n) is 1.95. The van der Waals surface area contributed by atoms with Crippen molar-refractivity contribution in [2.45, 2.75) is 13.0 Å². The molecule has 0 unspecified atom stereocenters. The molecule has 0 aromatic carbocycles. The highest BCUT2D eigenvalue weighted by atomic mass is 16.1. The number of amides is 1. The van der Waals surface area contributed by atoms with E-state index in [2.05, 4.69) is 15.7 Å². The van der Waals surface area contributed by atoms with Gasteiger partial charge < -0.3 is 10.6 Å². The predicted octanol–water partition coefficient (Wildman–Crippen LogP) is -0.497. The second kappa shape index (κ2) is 7.43. The lowest BCUT2D eigenvalue weighted by Gasteiger charge is -2.04. The maximum Gasteiger partial charge on any atom is 0.234 e. The van der Waals surface area contributed by atoms with E-state index in [1.54, 1.807) is 6.20 Å². The fourth-order valence-electron chi connectivity index (χ4n) is 1.20. The van der Waals surface area contributed by atoms with E-state index in [-0.39, 0.29) is 19.0 Å². The van der Waals surface area contributed by atoms with Crippen molar-refractivity contribution in [2.24, 2.45) is 0 Å². The number of nitrogens with one attached hydrogen (secondary N) is 2. The first-order valence-corrected chi connectivity index (χ1v) is 5.14. The van der Waals surface area contributed by atoms with Gasteiger partial charge in [-0.3, -0.25) is 9.48 Å². The molecule has 0 aliphatic heterocycles. The average molecular weight is 221 g/mol. The first kappa shape index (κ1) is 12.2. The molecule has 0 spiro atoms. The lowest BCUT2D eigenvalue weighted by molar-refractivity contribution is -0.120. The average Bonchev–Trinajstić information content (AvgIpc) is 2.79. The van der Waals surface area contributed by atoms with Gasteiger partial charge in [0.05, 0.1) is 12.6 Å². The van der Waals surface area contributed by atoms with Crippen LogP contribution in [0.25, 0.3) is 0 Å². The van der Waals surface area contributed by atoms with Crippen LogP contribution < -0.4 is 10.6 Å². The summed E-state index contributed by atoms with van der Waals surface area (Å²) in [4.78, 5) is 11.1. The van der Waals surface area contributed by atoms with Gasteiger partial charge in [0.15, 0.2) is 0 Å². The van der Waals surface area contributed by atoms with E-state index in [0.717, 1.165) is 19.5 Å². The second-order valence-corrected chi connectivity index (χ2v) is 3.23. The highest BCUT2D eigenvalue weighted by molar-refractivity contribution is 5.78. The Morgan fingerprint density at radius 2 is 2.44 bits per heavy atom. The van der Waals surface area contributed by atoms with Crippen molar-refractivity contribution in [1.82, 2.24) is 20.4 Å². The number of nitriles is 1. The van der Waals surface area contributed by atoms with Gasteiger partial charge in [0.2, 0.25) is 5.91 Å². The minimum absolute atomic E-state index is 0.0633. The molecule has 0 radical (unpaired) electrons. The Morgan fingerprint density at radius 3 is 3.12 bits per heavy atom. The van der Waals surface area contributed by atoms with Gasteiger partial charge in [-0.25, -0.2) is 0 Å². The Kier molecular flexibility index (Phi) is 5.66. The van der Waals surface area contributed by atoms with E-state index in [0.29, 0.717) is 0 Å². The number of aryl methyl sites for hydroxylation is 1. The summed E-state index contributed by atoms with van der Waals surface area (Å²) in [5, 5.41) is 17.7. The van der Waals surface area contributed by atoms with Gasteiger partial charge in [-0.05, 0) is 19.0 Å². The summed E-state index contributed by atoms with van der Waals surface area (Å²) in [6.07, 6.45) is 4.55. The topological polar surface area (TPSA) is 82.7 Å². The molecule has 0 atom stereocenters. The molecule has 6 nitrogen and oxygen atoms in total. The molecular weight excluding hydrogens is 206 g/mol. The van der Waals surface area contributed by atoms with Gasteiger partial charge in [-0.1, -0.05) is 0 Å². The third kappa shape index (κ3) is 5.12. The normalized spacial score (nSPS) is 9.69. The van der Waals surface area contributed by atoms with Crippen LogP contribution in [0.15, 0.2) is 18.5 Å². The maximum absolute atomic E-state index is 11.1. The fraction of sp³-hybridized carbons (Fsp3) is 0.500. The molecule has 0 fully saturated rings. The van der Waals surface area contributed by atoms with Gasteiger partial charge in [-0.2, -0.15) is 10.4 Å². The SMILES string of the molecule is N#CCNC(=O)CNCCCn1cccn1. The standard InChI is InChI=1S/C10H15N5O/c11-3-6-13-10(16)9-12-4-1-7-15-8-2-5-14-15/h2,5,8,12H,1,4,6-7,9H2,(H,13,16). The number of carbonyl (C=O) groups excluding carboxylic acids is 1. The molecule has 0 aliphatic rings. The zero-order chi connectivity index (χ0) is 11.6. The number of hydrogen-bond acceptors (Lipinski definition) is 4. The second-order valence-electron chi connectivity index (χ2n) is 3.23. The van der Waals surface area contributed by atoms with Gasteiger partial charge in [0.1, 0.15) is 6.54 Å². The quantitative estimate of drug-likeness (QED) is 0.480. The van der Waals surface area contributed by atoms with E-state index in [1.807, 2.05) is 23.0 Å². The molecule has 1 rings (SSSR count). The Labute approximate surface area is 94.2 Å². The molecule has 0 bridgehead atoms. The summed E-state index contributed by atoms with van der Waals surface area (Å²) in [7, 11) is 0. The molecule has 1 heterocycles. The van der Waals surface area contributed by atoms with Crippen LogP contribution in [0.4, 0.5) is 0 Å². The van der Waals surface area contributed by atoms with E-state index in [1.165, 1.54) is 0 Å². The van der Waals surface area contributed by atoms with Crippen LogP contribution in [-0.2, 0) is 11.3 Å². The van der Waals surface area contributed by atoms with Crippen LogP contribution in [0.2, 0.25) is 0 Å². The summed E-state index contributed by atoms with van der Waals surface area (Å²) in [6, 6.07) is 3.73. The molecular formula is C10H15N5O. The van der Waals surface area contributed by atoms with Crippen molar-refractivity contribution in [3.63, 3.8) is 0 Å². The highest BCUT2D eigenvalue weighted by Gasteiger charge is 1.98. The highest BCUT2D eigenvalue weighted by Crippen LogP contribution is 1.87. The number of aromatic nitrogens is 2.